The number of nitrogens with one attached hydrogen (secondary N) is 2. The number of fused-ring (bicyclic) bond motifs is 1. The molecule has 9 nitrogen and oxygen atoms in total. The fourth-order valence-corrected chi connectivity index (χ4v) is 4.80. The third-order valence-electron chi connectivity index (χ3n) is 6.48. The van der Waals surface area contributed by atoms with E-state index in [0.717, 1.165) is 17.7 Å². The summed E-state index contributed by atoms with van der Waals surface area (Å²) in [6, 6.07) is 15.1. The molecule has 2 N–H and O–H groups in total. The van der Waals surface area contributed by atoms with Gasteiger partial charge >= 0.3 is 6.18 Å². The smallest absolute Gasteiger partial charge is 0.418 e. The van der Waals surface area contributed by atoms with Crippen molar-refractivity contribution in [2.24, 2.45) is 5.92 Å². The Hall–Kier alpha value is -4.26. The molecule has 0 spiro atoms. The molecule has 3 amide bonds. The average molecular weight is 634 g/mol. The predicted molar refractivity (Wildman–Crippen MR) is 145 cm³/mol. The lowest BCUT2D eigenvalue weighted by atomic mass is 10.1. The molecule has 2 aliphatic rings. The van der Waals surface area contributed by atoms with Gasteiger partial charge in [0.15, 0.2) is 18.1 Å². The molecule has 41 heavy (non-hydrogen) atoms. The zero-order valence-electron chi connectivity index (χ0n) is 21.3. The van der Waals surface area contributed by atoms with E-state index in [9.17, 15) is 27.6 Å². The summed E-state index contributed by atoms with van der Waals surface area (Å²) in [5.41, 5.74) is 0.0136. The first-order valence-corrected chi connectivity index (χ1v) is 13.2. The van der Waals surface area contributed by atoms with E-state index >= 15 is 0 Å². The maximum atomic E-state index is 13.3. The molecule has 0 saturated carbocycles. The van der Waals surface area contributed by atoms with Crippen LogP contribution in [-0.4, -0.2) is 37.7 Å². The van der Waals surface area contributed by atoms with Crippen LogP contribution in [0.3, 0.4) is 0 Å². The van der Waals surface area contributed by atoms with Crippen molar-refractivity contribution in [3.63, 3.8) is 0 Å². The number of anilines is 2. The van der Waals surface area contributed by atoms with Crippen molar-refractivity contribution >= 4 is 45.0 Å². The minimum absolute atomic E-state index is 0.0569. The molecule has 3 aromatic carbocycles. The molecule has 0 unspecified atom stereocenters. The van der Waals surface area contributed by atoms with Gasteiger partial charge in [0.25, 0.3) is 5.91 Å². The number of carbonyl (C=O) groups is 3. The summed E-state index contributed by atoms with van der Waals surface area (Å²) in [4.78, 5) is 39.1. The third kappa shape index (κ3) is 6.73. The predicted octanol–water partition coefficient (Wildman–Crippen LogP) is 4.88. The lowest BCUT2D eigenvalue weighted by Gasteiger charge is -2.17. The summed E-state index contributed by atoms with van der Waals surface area (Å²) in [7, 11) is 0. The number of carbonyl (C=O) groups excluding carboxylic acids is 3. The number of ether oxygens (including phenoxy) is 3. The van der Waals surface area contributed by atoms with Gasteiger partial charge in [-0.2, -0.15) is 13.2 Å². The SMILES string of the molecule is O=C(COc1ccc(N2C[C@@H](C(=O)NCc3ccc4c(c3)OCO4)CC2=O)cc1)Nc1ccc(Br)cc1C(F)(F)F. The third-order valence-corrected chi connectivity index (χ3v) is 6.97. The van der Waals surface area contributed by atoms with Crippen LogP contribution in [0, 0.1) is 5.92 Å². The van der Waals surface area contributed by atoms with E-state index < -0.39 is 30.2 Å². The van der Waals surface area contributed by atoms with E-state index in [1.165, 1.54) is 23.1 Å². The molecule has 214 valence electrons. The maximum Gasteiger partial charge on any atom is 0.418 e. The summed E-state index contributed by atoms with van der Waals surface area (Å²) < 4.78 is 56.1. The summed E-state index contributed by atoms with van der Waals surface area (Å²) in [5, 5.41) is 5.07. The van der Waals surface area contributed by atoms with Crippen LogP contribution >= 0.6 is 15.9 Å². The molecule has 2 heterocycles. The Morgan fingerprint density at radius 1 is 1.02 bits per heavy atom. The minimum atomic E-state index is -4.65. The Labute approximate surface area is 240 Å². The van der Waals surface area contributed by atoms with Gasteiger partial charge in [0.1, 0.15) is 5.75 Å². The highest BCUT2D eigenvalue weighted by molar-refractivity contribution is 9.10. The molecule has 0 radical (unpaired) electrons. The fourth-order valence-electron chi connectivity index (χ4n) is 4.43. The first-order valence-electron chi connectivity index (χ1n) is 12.4. The molecule has 0 aliphatic carbocycles. The standard InChI is InChI=1S/C28H23BrF3N3O6/c29-18-2-7-22(21(11-18)28(30,31)32)34-25(36)14-39-20-5-3-19(4-6-20)35-13-17(10-26(35)37)27(38)33-12-16-1-8-23-24(9-16)41-15-40-23/h1-9,11,17H,10,12-15H2,(H,33,38)(H,34,36)/t17-/m0/s1. The zero-order chi connectivity index (χ0) is 29.1. The van der Waals surface area contributed by atoms with Gasteiger partial charge in [0.2, 0.25) is 18.6 Å². The monoisotopic (exact) mass is 633 g/mol. The van der Waals surface area contributed by atoms with Crippen LogP contribution < -0.4 is 29.7 Å². The van der Waals surface area contributed by atoms with Gasteiger partial charge in [-0.25, -0.2) is 0 Å². The minimum Gasteiger partial charge on any atom is -0.484 e. The molecule has 2 aliphatic heterocycles. The molecule has 5 rings (SSSR count). The van der Waals surface area contributed by atoms with Crippen molar-refractivity contribution in [1.29, 1.82) is 0 Å². The topological polar surface area (TPSA) is 106 Å². The number of rotatable bonds is 8. The number of alkyl halides is 3. The van der Waals surface area contributed by atoms with Gasteiger partial charge in [-0.05, 0) is 60.2 Å². The molecule has 0 aromatic heterocycles. The first kappa shape index (κ1) is 28.3. The molecule has 1 fully saturated rings. The zero-order valence-corrected chi connectivity index (χ0v) is 22.9. The largest absolute Gasteiger partial charge is 0.484 e. The molecule has 3 aromatic rings. The van der Waals surface area contributed by atoms with Gasteiger partial charge in [-0.3, -0.25) is 14.4 Å². The molecule has 1 saturated heterocycles. The van der Waals surface area contributed by atoms with Gasteiger partial charge in [0.05, 0.1) is 17.2 Å². The highest BCUT2D eigenvalue weighted by Gasteiger charge is 2.35. The van der Waals surface area contributed by atoms with Crippen LogP contribution in [0.4, 0.5) is 24.5 Å². The van der Waals surface area contributed by atoms with Crippen LogP contribution in [0.5, 0.6) is 17.2 Å². The molecule has 0 bridgehead atoms. The molecule has 13 heteroatoms. The van der Waals surface area contributed by atoms with Crippen molar-refractivity contribution in [2.75, 3.05) is 30.2 Å². The normalized spacial score (nSPS) is 16.0. The van der Waals surface area contributed by atoms with Gasteiger partial charge in [0, 0.05) is 29.7 Å². The quantitative estimate of drug-likeness (QED) is 0.366. The highest BCUT2D eigenvalue weighted by Crippen LogP contribution is 2.37. The van der Waals surface area contributed by atoms with E-state index in [4.69, 9.17) is 14.2 Å². The van der Waals surface area contributed by atoms with Crippen molar-refractivity contribution in [2.45, 2.75) is 19.1 Å². The second-order valence-electron chi connectivity index (χ2n) is 9.33. The summed E-state index contributed by atoms with van der Waals surface area (Å²) >= 11 is 3.00. The van der Waals surface area contributed by atoms with E-state index in [1.807, 2.05) is 6.07 Å². The van der Waals surface area contributed by atoms with Gasteiger partial charge < -0.3 is 29.7 Å². The van der Waals surface area contributed by atoms with Gasteiger partial charge in [-0.15, -0.1) is 0 Å². The van der Waals surface area contributed by atoms with Crippen molar-refractivity contribution in [3.05, 3.63) is 76.3 Å². The average Bonchev–Trinajstić information content (AvgIpc) is 3.57. The molecule has 1 atom stereocenters. The van der Waals surface area contributed by atoms with Crippen molar-refractivity contribution in [1.82, 2.24) is 5.32 Å². The maximum absolute atomic E-state index is 13.3. The highest BCUT2D eigenvalue weighted by atomic mass is 79.9. The number of nitrogens with zero attached hydrogens (tertiary/aromatic N) is 1. The van der Waals surface area contributed by atoms with E-state index in [-0.39, 0.29) is 54.0 Å². The number of benzene rings is 3. The van der Waals surface area contributed by atoms with E-state index in [0.29, 0.717) is 17.2 Å². The van der Waals surface area contributed by atoms with Crippen molar-refractivity contribution in [3.8, 4) is 17.2 Å². The fraction of sp³-hybridized carbons (Fsp3) is 0.250. The van der Waals surface area contributed by atoms with Crippen LogP contribution in [-0.2, 0) is 27.1 Å². The van der Waals surface area contributed by atoms with Crippen LogP contribution in [0.25, 0.3) is 0 Å². The van der Waals surface area contributed by atoms with Crippen LogP contribution in [0.15, 0.2) is 65.1 Å². The Balaban J connectivity index is 1.12. The van der Waals surface area contributed by atoms with Crippen LogP contribution in [0.2, 0.25) is 0 Å². The second-order valence-corrected chi connectivity index (χ2v) is 10.2. The Morgan fingerprint density at radius 2 is 1.78 bits per heavy atom. The van der Waals surface area contributed by atoms with E-state index in [1.54, 1.807) is 24.3 Å². The summed E-state index contributed by atoms with van der Waals surface area (Å²) in [5.74, 6) is -0.215. The van der Waals surface area contributed by atoms with E-state index in [2.05, 4.69) is 26.6 Å². The van der Waals surface area contributed by atoms with Gasteiger partial charge in [-0.1, -0.05) is 22.0 Å². The number of hydrogen-bond donors (Lipinski definition) is 2. The van der Waals surface area contributed by atoms with Crippen LogP contribution in [0.1, 0.15) is 17.5 Å². The second kappa shape index (κ2) is 11.7. The molecular formula is C28H23BrF3N3O6. The Bertz CT molecular complexity index is 1480. The summed E-state index contributed by atoms with van der Waals surface area (Å²) in [6.45, 7) is 0.107. The molecular weight excluding hydrogens is 611 g/mol. The number of halogens is 4. The lowest BCUT2D eigenvalue weighted by Crippen LogP contribution is -2.32. The van der Waals surface area contributed by atoms with Crippen molar-refractivity contribution < 1.29 is 41.8 Å². The Kier molecular flexibility index (Phi) is 8.06. The number of amides is 3. The Morgan fingerprint density at radius 3 is 2.54 bits per heavy atom. The number of hydrogen-bond acceptors (Lipinski definition) is 6. The lowest BCUT2D eigenvalue weighted by molar-refractivity contribution is -0.137. The first-order chi connectivity index (χ1) is 19.6. The summed E-state index contributed by atoms with van der Waals surface area (Å²) in [6.07, 6.45) is -4.59.